The van der Waals surface area contributed by atoms with Crippen LogP contribution in [0.5, 0.6) is 5.75 Å². The fourth-order valence-electron chi connectivity index (χ4n) is 2.68. The Balaban J connectivity index is 1.51. The average molecular weight is 430 g/mol. The number of guanidine groups is 1. The van der Waals surface area contributed by atoms with Crippen LogP contribution >= 0.6 is 15.9 Å². The first-order chi connectivity index (χ1) is 13.2. The van der Waals surface area contributed by atoms with Gasteiger partial charge in [0.05, 0.1) is 18.8 Å². The van der Waals surface area contributed by atoms with Crippen molar-refractivity contribution in [2.45, 2.75) is 13.5 Å². The normalized spacial score (nSPS) is 11.6. The second kappa shape index (κ2) is 9.41. The van der Waals surface area contributed by atoms with E-state index >= 15 is 0 Å². The molecule has 1 aromatic heterocycles. The Kier molecular flexibility index (Phi) is 6.70. The Hall–Kier alpha value is -2.54. The molecule has 0 unspecified atom stereocenters. The van der Waals surface area contributed by atoms with Gasteiger partial charge in [-0.05, 0) is 48.0 Å². The van der Waals surface area contributed by atoms with Crippen LogP contribution in [0.2, 0.25) is 0 Å². The Labute approximate surface area is 167 Å². The van der Waals surface area contributed by atoms with Crippen LogP contribution in [0.15, 0.2) is 58.1 Å². The van der Waals surface area contributed by atoms with Crippen LogP contribution in [0.3, 0.4) is 0 Å². The Morgan fingerprint density at radius 2 is 1.96 bits per heavy atom. The lowest BCUT2D eigenvalue weighted by molar-refractivity contribution is 0.322. The minimum Gasteiger partial charge on any atom is -0.492 e. The molecule has 0 saturated carbocycles. The smallest absolute Gasteiger partial charge is 0.191 e. The molecule has 7 heteroatoms. The monoisotopic (exact) mass is 429 g/mol. The summed E-state index contributed by atoms with van der Waals surface area (Å²) in [6, 6.07) is 14.3. The molecule has 142 valence electrons. The van der Waals surface area contributed by atoms with Crippen LogP contribution in [0, 0.1) is 0 Å². The first-order valence-corrected chi connectivity index (χ1v) is 9.76. The van der Waals surface area contributed by atoms with E-state index in [-0.39, 0.29) is 0 Å². The number of nitrogens with zero attached hydrogens (tertiary/aromatic N) is 3. The van der Waals surface area contributed by atoms with Gasteiger partial charge in [-0.15, -0.1) is 0 Å². The Morgan fingerprint density at radius 3 is 2.74 bits per heavy atom. The van der Waals surface area contributed by atoms with Gasteiger partial charge in [0.1, 0.15) is 12.4 Å². The number of hydrogen-bond acceptors (Lipinski definition) is 3. The third kappa shape index (κ3) is 5.47. The Bertz CT molecular complexity index is 922. The lowest BCUT2D eigenvalue weighted by Crippen LogP contribution is -2.39. The van der Waals surface area contributed by atoms with Crippen LogP contribution in [0.4, 0.5) is 0 Å². The quantitative estimate of drug-likeness (QED) is 0.342. The number of hydrogen-bond donors (Lipinski definition) is 2. The molecular weight excluding hydrogens is 406 g/mol. The van der Waals surface area contributed by atoms with Crippen LogP contribution < -0.4 is 15.4 Å². The lowest BCUT2D eigenvalue weighted by Gasteiger charge is -2.12. The van der Waals surface area contributed by atoms with E-state index in [0.29, 0.717) is 19.7 Å². The highest BCUT2D eigenvalue weighted by Crippen LogP contribution is 2.23. The summed E-state index contributed by atoms with van der Waals surface area (Å²) >= 11 is 3.50. The molecule has 0 bridgehead atoms. The molecule has 0 atom stereocenters. The fourth-order valence-corrected chi connectivity index (χ4v) is 3.06. The molecule has 0 aliphatic carbocycles. The van der Waals surface area contributed by atoms with E-state index in [1.165, 1.54) is 5.39 Å². The molecule has 3 aromatic rings. The van der Waals surface area contributed by atoms with Gasteiger partial charge in [0.15, 0.2) is 5.96 Å². The number of aliphatic imine (C=N–C) groups is 1. The first-order valence-electron chi connectivity index (χ1n) is 8.97. The standard InChI is InChI=1S/C20H24BrN5O/c1-3-22-20(24-14-18-8-9-25-26(18)2)23-10-11-27-19-7-5-15-12-17(21)6-4-16(15)13-19/h4-9,12-13H,3,10-11,14H2,1-2H3,(H2,22,23,24). The third-order valence-electron chi connectivity index (χ3n) is 4.10. The van der Waals surface area contributed by atoms with Crippen molar-refractivity contribution in [3.05, 3.63) is 58.8 Å². The molecule has 2 aromatic carbocycles. The van der Waals surface area contributed by atoms with Gasteiger partial charge in [0.25, 0.3) is 0 Å². The maximum absolute atomic E-state index is 5.87. The largest absolute Gasteiger partial charge is 0.492 e. The summed E-state index contributed by atoms with van der Waals surface area (Å²) in [5, 5.41) is 13.0. The SMILES string of the molecule is CCNC(=NCc1ccnn1C)NCCOc1ccc2cc(Br)ccc2c1. The van der Waals surface area contributed by atoms with E-state index in [1.54, 1.807) is 6.20 Å². The van der Waals surface area contributed by atoms with Crippen molar-refractivity contribution in [1.29, 1.82) is 0 Å². The molecule has 0 spiro atoms. The van der Waals surface area contributed by atoms with Crippen molar-refractivity contribution in [2.75, 3.05) is 19.7 Å². The maximum Gasteiger partial charge on any atom is 0.191 e. The average Bonchev–Trinajstić information content (AvgIpc) is 3.08. The van der Waals surface area contributed by atoms with Gasteiger partial charge in [-0.25, -0.2) is 4.99 Å². The summed E-state index contributed by atoms with van der Waals surface area (Å²) in [4.78, 5) is 4.58. The van der Waals surface area contributed by atoms with Gasteiger partial charge in [-0.2, -0.15) is 5.10 Å². The van der Waals surface area contributed by atoms with Gasteiger partial charge in [-0.1, -0.05) is 28.1 Å². The first kappa shape index (κ1) is 19.2. The zero-order valence-corrected chi connectivity index (χ0v) is 17.2. The zero-order chi connectivity index (χ0) is 19.1. The number of nitrogens with one attached hydrogen (secondary N) is 2. The lowest BCUT2D eigenvalue weighted by atomic mass is 10.1. The third-order valence-corrected chi connectivity index (χ3v) is 4.60. The predicted molar refractivity (Wildman–Crippen MR) is 113 cm³/mol. The van der Waals surface area contributed by atoms with Crippen LogP contribution in [0.25, 0.3) is 10.8 Å². The van der Waals surface area contributed by atoms with Crippen molar-refractivity contribution >= 4 is 32.7 Å². The number of rotatable bonds is 7. The molecule has 27 heavy (non-hydrogen) atoms. The van der Waals surface area contributed by atoms with Gasteiger partial charge in [0, 0.05) is 24.3 Å². The summed E-state index contributed by atoms with van der Waals surface area (Å²) in [5.74, 6) is 1.63. The fraction of sp³-hybridized carbons (Fsp3) is 0.300. The van der Waals surface area contributed by atoms with Crippen LogP contribution in [-0.4, -0.2) is 35.4 Å². The van der Waals surface area contributed by atoms with Crippen molar-refractivity contribution in [3.8, 4) is 5.75 Å². The molecule has 0 aliphatic heterocycles. The van der Waals surface area contributed by atoms with E-state index in [2.05, 4.69) is 60.9 Å². The summed E-state index contributed by atoms with van der Waals surface area (Å²) < 4.78 is 8.78. The zero-order valence-electron chi connectivity index (χ0n) is 15.6. The van der Waals surface area contributed by atoms with E-state index in [0.717, 1.165) is 33.8 Å². The second-order valence-corrected chi connectivity index (χ2v) is 6.99. The highest BCUT2D eigenvalue weighted by atomic mass is 79.9. The van der Waals surface area contributed by atoms with Gasteiger partial charge >= 0.3 is 0 Å². The van der Waals surface area contributed by atoms with Crippen LogP contribution in [-0.2, 0) is 13.6 Å². The molecule has 0 radical (unpaired) electrons. The van der Waals surface area contributed by atoms with Crippen molar-refractivity contribution in [2.24, 2.45) is 12.0 Å². The van der Waals surface area contributed by atoms with Crippen molar-refractivity contribution in [3.63, 3.8) is 0 Å². The highest BCUT2D eigenvalue weighted by Gasteiger charge is 2.02. The number of ether oxygens (including phenoxy) is 1. The molecule has 6 nitrogen and oxygen atoms in total. The highest BCUT2D eigenvalue weighted by molar-refractivity contribution is 9.10. The van der Waals surface area contributed by atoms with E-state index in [1.807, 2.05) is 36.9 Å². The van der Waals surface area contributed by atoms with Crippen molar-refractivity contribution < 1.29 is 4.74 Å². The predicted octanol–water partition coefficient (Wildman–Crippen LogP) is 3.47. The molecule has 0 saturated heterocycles. The van der Waals surface area contributed by atoms with E-state index < -0.39 is 0 Å². The molecule has 3 rings (SSSR count). The molecule has 0 fully saturated rings. The van der Waals surface area contributed by atoms with Crippen molar-refractivity contribution in [1.82, 2.24) is 20.4 Å². The minimum absolute atomic E-state index is 0.554. The van der Waals surface area contributed by atoms with Crippen LogP contribution in [0.1, 0.15) is 12.6 Å². The minimum atomic E-state index is 0.554. The number of benzene rings is 2. The molecule has 0 amide bonds. The summed E-state index contributed by atoms with van der Waals surface area (Å²) in [6.07, 6.45) is 1.78. The number of aryl methyl sites for hydroxylation is 1. The molecule has 0 aliphatic rings. The number of fused-ring (bicyclic) bond motifs is 1. The summed E-state index contributed by atoms with van der Waals surface area (Å²) in [5.41, 5.74) is 1.06. The van der Waals surface area contributed by atoms with E-state index in [4.69, 9.17) is 4.74 Å². The van der Waals surface area contributed by atoms with Gasteiger partial charge < -0.3 is 15.4 Å². The summed E-state index contributed by atoms with van der Waals surface area (Å²) in [6.45, 7) is 4.64. The van der Waals surface area contributed by atoms with Gasteiger partial charge in [0.2, 0.25) is 0 Å². The molecule has 2 N–H and O–H groups in total. The molecular formula is C20H24BrN5O. The van der Waals surface area contributed by atoms with E-state index in [9.17, 15) is 0 Å². The number of aromatic nitrogens is 2. The Morgan fingerprint density at radius 1 is 1.15 bits per heavy atom. The number of halogens is 1. The maximum atomic E-state index is 5.87. The topological polar surface area (TPSA) is 63.5 Å². The summed E-state index contributed by atoms with van der Waals surface area (Å²) in [7, 11) is 1.92. The molecule has 1 heterocycles. The second-order valence-electron chi connectivity index (χ2n) is 6.07. The van der Waals surface area contributed by atoms with Gasteiger partial charge in [-0.3, -0.25) is 4.68 Å².